The van der Waals surface area contributed by atoms with Crippen LogP contribution in [0.15, 0.2) is 29.4 Å². The molecule has 0 amide bonds. The molecular weight excluding hydrogens is 465 g/mol. The molecular formula is C21H38IN5O. The Labute approximate surface area is 187 Å². The number of aliphatic hydroxyl groups excluding tert-OH is 1. The second kappa shape index (κ2) is 15.0. The number of hydrogen-bond acceptors (Lipinski definition) is 4. The van der Waals surface area contributed by atoms with Gasteiger partial charge in [0.1, 0.15) is 0 Å². The number of likely N-dealkylation sites (tertiary alicyclic amines) is 1. The lowest BCUT2D eigenvalue weighted by Crippen LogP contribution is -2.48. The Morgan fingerprint density at radius 1 is 1.29 bits per heavy atom. The van der Waals surface area contributed by atoms with E-state index in [-0.39, 0.29) is 30.6 Å². The molecule has 1 saturated heterocycles. The molecule has 0 radical (unpaired) electrons. The lowest BCUT2D eigenvalue weighted by molar-refractivity contribution is 0.196. The first-order chi connectivity index (χ1) is 13.2. The van der Waals surface area contributed by atoms with E-state index in [2.05, 4.69) is 46.5 Å². The van der Waals surface area contributed by atoms with Gasteiger partial charge in [-0.25, -0.2) is 0 Å². The summed E-state index contributed by atoms with van der Waals surface area (Å²) in [7, 11) is 0. The first-order valence-corrected chi connectivity index (χ1v) is 10.5. The molecule has 3 N–H and O–H groups in total. The number of nitrogens with zero attached hydrogens (tertiary/aromatic N) is 3. The molecule has 1 aliphatic rings. The van der Waals surface area contributed by atoms with Gasteiger partial charge in [-0.1, -0.05) is 19.4 Å². The summed E-state index contributed by atoms with van der Waals surface area (Å²) in [5.74, 6) is 1.38. The van der Waals surface area contributed by atoms with Gasteiger partial charge >= 0.3 is 0 Å². The number of rotatable bonds is 10. The highest BCUT2D eigenvalue weighted by Crippen LogP contribution is 2.14. The average molecular weight is 503 g/mol. The van der Waals surface area contributed by atoms with Crippen molar-refractivity contribution in [1.29, 1.82) is 0 Å². The number of guanidine groups is 1. The molecule has 160 valence electrons. The maximum absolute atomic E-state index is 9.23. The summed E-state index contributed by atoms with van der Waals surface area (Å²) in [6.07, 6.45) is 7.20. The highest BCUT2D eigenvalue weighted by atomic mass is 127. The predicted molar refractivity (Wildman–Crippen MR) is 127 cm³/mol. The van der Waals surface area contributed by atoms with Crippen LogP contribution in [0.4, 0.5) is 0 Å². The van der Waals surface area contributed by atoms with Crippen molar-refractivity contribution in [3.8, 4) is 0 Å². The lowest BCUT2D eigenvalue weighted by Gasteiger charge is -2.33. The van der Waals surface area contributed by atoms with Crippen molar-refractivity contribution in [2.24, 2.45) is 10.9 Å². The fraction of sp³-hybridized carbons (Fsp3) is 0.714. The summed E-state index contributed by atoms with van der Waals surface area (Å²) in [6.45, 7) is 9.28. The molecule has 28 heavy (non-hydrogen) atoms. The van der Waals surface area contributed by atoms with E-state index in [0.717, 1.165) is 76.5 Å². The van der Waals surface area contributed by atoms with Crippen LogP contribution in [0.2, 0.25) is 0 Å². The molecule has 1 atom stereocenters. The molecule has 2 heterocycles. The van der Waals surface area contributed by atoms with Crippen molar-refractivity contribution in [2.45, 2.75) is 58.5 Å². The van der Waals surface area contributed by atoms with Crippen molar-refractivity contribution in [2.75, 3.05) is 32.8 Å². The summed E-state index contributed by atoms with van der Waals surface area (Å²) in [6, 6.07) is 6.58. The van der Waals surface area contributed by atoms with Gasteiger partial charge in [0.05, 0.1) is 5.69 Å². The van der Waals surface area contributed by atoms with Crippen LogP contribution in [0.3, 0.4) is 0 Å². The van der Waals surface area contributed by atoms with Crippen LogP contribution < -0.4 is 10.6 Å². The maximum Gasteiger partial charge on any atom is 0.191 e. The van der Waals surface area contributed by atoms with E-state index < -0.39 is 0 Å². The molecule has 0 saturated carbocycles. The van der Waals surface area contributed by atoms with Gasteiger partial charge in [-0.05, 0) is 50.7 Å². The van der Waals surface area contributed by atoms with Crippen LogP contribution in [-0.4, -0.2) is 59.8 Å². The molecule has 6 nitrogen and oxygen atoms in total. The van der Waals surface area contributed by atoms with E-state index in [1.54, 1.807) is 0 Å². The van der Waals surface area contributed by atoms with Crippen molar-refractivity contribution >= 4 is 29.9 Å². The quantitative estimate of drug-likeness (QED) is 0.260. The zero-order valence-corrected chi connectivity index (χ0v) is 19.8. The van der Waals surface area contributed by atoms with E-state index in [1.165, 1.54) is 0 Å². The topological polar surface area (TPSA) is 72.8 Å². The highest BCUT2D eigenvalue weighted by Gasteiger charge is 2.20. The molecule has 0 bridgehead atoms. The van der Waals surface area contributed by atoms with Gasteiger partial charge in [0.25, 0.3) is 0 Å². The monoisotopic (exact) mass is 503 g/mol. The third-order valence-electron chi connectivity index (χ3n) is 5.13. The van der Waals surface area contributed by atoms with E-state index >= 15 is 0 Å². The molecule has 2 rings (SSSR count). The third-order valence-corrected chi connectivity index (χ3v) is 5.13. The summed E-state index contributed by atoms with van der Waals surface area (Å²) >= 11 is 0. The highest BCUT2D eigenvalue weighted by molar-refractivity contribution is 14.0. The summed E-state index contributed by atoms with van der Waals surface area (Å²) < 4.78 is 0. The largest absolute Gasteiger partial charge is 0.396 e. The van der Waals surface area contributed by atoms with Gasteiger partial charge in [-0.3, -0.25) is 14.9 Å². The Bertz CT molecular complexity index is 529. The van der Waals surface area contributed by atoms with Crippen LogP contribution in [0.5, 0.6) is 0 Å². The maximum atomic E-state index is 9.23. The minimum absolute atomic E-state index is 0. The average Bonchev–Trinajstić information content (AvgIpc) is 2.69. The summed E-state index contributed by atoms with van der Waals surface area (Å²) in [5, 5.41) is 16.2. The first kappa shape index (κ1) is 25.1. The molecule has 0 spiro atoms. The van der Waals surface area contributed by atoms with Gasteiger partial charge in [0.15, 0.2) is 5.96 Å². The van der Waals surface area contributed by atoms with Gasteiger partial charge in [-0.2, -0.15) is 0 Å². The standard InChI is InChI=1S/C21H37N5O.HI/c1-3-7-18(11-15-27)16-24-21(22-4-2)25-19-9-13-26(14-10-19)17-20-8-5-6-12-23-20;/h5-6,8,12,18-19,27H,3-4,7,9-11,13-17H2,1-2H3,(H2,22,24,25);1H. The molecule has 1 fully saturated rings. The normalized spacial score (nSPS) is 17.0. The number of aliphatic imine (C=N–C) groups is 1. The molecule has 0 aliphatic carbocycles. The van der Waals surface area contributed by atoms with E-state index in [4.69, 9.17) is 4.99 Å². The van der Waals surface area contributed by atoms with Crippen molar-refractivity contribution in [1.82, 2.24) is 20.5 Å². The summed E-state index contributed by atoms with van der Waals surface area (Å²) in [4.78, 5) is 11.7. The van der Waals surface area contributed by atoms with Crippen LogP contribution in [0, 0.1) is 5.92 Å². The predicted octanol–water partition coefficient (Wildman–Crippen LogP) is 3.02. The molecule has 1 aromatic rings. The molecule has 0 aromatic carbocycles. The molecule has 1 aliphatic heterocycles. The minimum atomic E-state index is 0. The second-order valence-corrected chi connectivity index (χ2v) is 7.40. The van der Waals surface area contributed by atoms with Crippen LogP contribution in [-0.2, 0) is 6.54 Å². The van der Waals surface area contributed by atoms with Crippen molar-refractivity contribution in [3.63, 3.8) is 0 Å². The Kier molecular flexibility index (Phi) is 13.4. The van der Waals surface area contributed by atoms with Gasteiger partial charge < -0.3 is 15.7 Å². The first-order valence-electron chi connectivity index (χ1n) is 10.5. The zero-order chi connectivity index (χ0) is 19.3. The number of halogens is 1. The van der Waals surface area contributed by atoms with Gasteiger partial charge in [0, 0.05) is 51.6 Å². The number of pyridine rings is 1. The number of aliphatic hydroxyl groups is 1. The van der Waals surface area contributed by atoms with E-state index in [0.29, 0.717) is 12.0 Å². The van der Waals surface area contributed by atoms with Crippen LogP contribution in [0.25, 0.3) is 0 Å². The van der Waals surface area contributed by atoms with Crippen molar-refractivity contribution < 1.29 is 5.11 Å². The summed E-state index contributed by atoms with van der Waals surface area (Å²) in [5.41, 5.74) is 1.14. The Morgan fingerprint density at radius 2 is 2.07 bits per heavy atom. The van der Waals surface area contributed by atoms with Gasteiger partial charge in [0.2, 0.25) is 0 Å². The third kappa shape index (κ3) is 9.52. The van der Waals surface area contributed by atoms with E-state index in [1.807, 2.05) is 12.3 Å². The number of nitrogens with one attached hydrogen (secondary N) is 2. The Balaban J connectivity index is 0.00000392. The zero-order valence-electron chi connectivity index (χ0n) is 17.4. The van der Waals surface area contributed by atoms with Crippen molar-refractivity contribution in [3.05, 3.63) is 30.1 Å². The fourth-order valence-corrected chi connectivity index (χ4v) is 3.61. The minimum Gasteiger partial charge on any atom is -0.396 e. The SMILES string of the molecule is CCCC(CCO)CN=C(NCC)NC1CCN(Cc2ccccn2)CC1.I. The number of piperidine rings is 1. The Morgan fingerprint density at radius 3 is 2.68 bits per heavy atom. The molecule has 1 unspecified atom stereocenters. The smallest absolute Gasteiger partial charge is 0.191 e. The molecule has 1 aromatic heterocycles. The number of aromatic nitrogens is 1. The van der Waals surface area contributed by atoms with Crippen LogP contribution in [0.1, 0.15) is 51.6 Å². The van der Waals surface area contributed by atoms with Crippen LogP contribution >= 0.6 is 24.0 Å². The number of hydrogen-bond donors (Lipinski definition) is 3. The lowest BCUT2D eigenvalue weighted by atomic mass is 10.0. The second-order valence-electron chi connectivity index (χ2n) is 7.40. The fourth-order valence-electron chi connectivity index (χ4n) is 3.61. The molecule has 7 heteroatoms. The Hall–Kier alpha value is -0.930. The van der Waals surface area contributed by atoms with Gasteiger partial charge in [-0.15, -0.1) is 24.0 Å². The van der Waals surface area contributed by atoms with E-state index in [9.17, 15) is 5.11 Å².